The van der Waals surface area contributed by atoms with Crippen LogP contribution in [0.3, 0.4) is 0 Å². The molecule has 0 spiro atoms. The summed E-state index contributed by atoms with van der Waals surface area (Å²) >= 11 is 1.22. The van der Waals surface area contributed by atoms with E-state index < -0.39 is 0 Å². The van der Waals surface area contributed by atoms with Crippen molar-refractivity contribution >= 4 is 34.4 Å². The van der Waals surface area contributed by atoms with E-state index in [0.29, 0.717) is 27.6 Å². The lowest BCUT2D eigenvalue weighted by molar-refractivity contribution is -0.113. The second-order valence-corrected chi connectivity index (χ2v) is 9.62. The molecule has 0 atom stereocenters. The molecule has 0 saturated heterocycles. The Balaban J connectivity index is 1.54. The standard InChI is InChI=1S/C29H26N4O3S/c1-18-9-14-24(19(2)15-18)31-25(34)17-37-29-32-26-23(20-7-5-4-6-8-20)16-30-27(26)28(35)33(29)21-10-12-22(36-3)13-11-21/h4-16,30H,17H2,1-3H3,(H,31,34). The van der Waals surface area contributed by atoms with Gasteiger partial charge in [-0.3, -0.25) is 14.2 Å². The first-order valence-electron chi connectivity index (χ1n) is 11.8. The molecule has 5 aromatic rings. The number of hydrogen-bond acceptors (Lipinski definition) is 5. The number of anilines is 1. The number of thioether (sulfide) groups is 1. The third kappa shape index (κ3) is 5.01. The molecule has 8 heteroatoms. The summed E-state index contributed by atoms with van der Waals surface area (Å²) < 4.78 is 6.80. The van der Waals surface area contributed by atoms with Gasteiger partial charge in [-0.25, -0.2) is 4.98 Å². The highest BCUT2D eigenvalue weighted by atomic mass is 32.2. The van der Waals surface area contributed by atoms with Gasteiger partial charge >= 0.3 is 0 Å². The Bertz CT molecular complexity index is 1640. The molecule has 2 aromatic heterocycles. The molecule has 0 aliphatic rings. The second-order valence-electron chi connectivity index (χ2n) is 8.68. The van der Waals surface area contributed by atoms with Gasteiger partial charge in [-0.1, -0.05) is 59.8 Å². The van der Waals surface area contributed by atoms with Crippen LogP contribution in [0.1, 0.15) is 11.1 Å². The molecule has 0 saturated carbocycles. The number of aromatic nitrogens is 3. The number of amides is 1. The van der Waals surface area contributed by atoms with Crippen molar-refractivity contribution in [3.8, 4) is 22.6 Å². The van der Waals surface area contributed by atoms with E-state index in [0.717, 1.165) is 27.9 Å². The molecule has 7 nitrogen and oxygen atoms in total. The van der Waals surface area contributed by atoms with Gasteiger partial charge in [0.1, 0.15) is 16.8 Å². The smallest absolute Gasteiger partial charge is 0.283 e. The van der Waals surface area contributed by atoms with Crippen molar-refractivity contribution < 1.29 is 9.53 Å². The van der Waals surface area contributed by atoms with Crippen molar-refractivity contribution in [1.82, 2.24) is 14.5 Å². The number of fused-ring (bicyclic) bond motifs is 1. The quantitative estimate of drug-likeness (QED) is 0.215. The van der Waals surface area contributed by atoms with E-state index in [9.17, 15) is 9.59 Å². The Morgan fingerprint density at radius 1 is 1.05 bits per heavy atom. The average molecular weight is 511 g/mol. The molecular weight excluding hydrogens is 484 g/mol. The van der Waals surface area contributed by atoms with Gasteiger partial charge in [0.05, 0.1) is 18.6 Å². The molecule has 0 fully saturated rings. The van der Waals surface area contributed by atoms with E-state index in [-0.39, 0.29) is 17.2 Å². The van der Waals surface area contributed by atoms with Gasteiger partial charge in [-0.15, -0.1) is 0 Å². The Kier molecular flexibility index (Phi) is 6.83. The first-order chi connectivity index (χ1) is 17.9. The number of methoxy groups -OCH3 is 1. The van der Waals surface area contributed by atoms with E-state index in [1.54, 1.807) is 37.6 Å². The number of H-pyrrole nitrogens is 1. The van der Waals surface area contributed by atoms with Crippen molar-refractivity contribution in [2.45, 2.75) is 19.0 Å². The van der Waals surface area contributed by atoms with E-state index in [1.807, 2.05) is 62.4 Å². The highest BCUT2D eigenvalue weighted by Gasteiger charge is 2.19. The van der Waals surface area contributed by atoms with Crippen LogP contribution < -0.4 is 15.6 Å². The molecule has 1 amide bonds. The van der Waals surface area contributed by atoms with Gasteiger partial charge in [-0.05, 0) is 55.3 Å². The maximum Gasteiger partial charge on any atom is 0.283 e. The number of aromatic amines is 1. The lowest BCUT2D eigenvalue weighted by Gasteiger charge is -2.13. The van der Waals surface area contributed by atoms with Crippen LogP contribution in [-0.4, -0.2) is 33.3 Å². The van der Waals surface area contributed by atoms with E-state index in [1.165, 1.54) is 16.3 Å². The maximum absolute atomic E-state index is 13.7. The molecule has 0 aliphatic carbocycles. The minimum absolute atomic E-state index is 0.0898. The molecule has 0 unspecified atom stereocenters. The van der Waals surface area contributed by atoms with Crippen LogP contribution in [0, 0.1) is 13.8 Å². The molecule has 186 valence electrons. The van der Waals surface area contributed by atoms with Gasteiger partial charge in [0.25, 0.3) is 5.56 Å². The van der Waals surface area contributed by atoms with Crippen molar-refractivity contribution in [1.29, 1.82) is 0 Å². The van der Waals surface area contributed by atoms with Crippen LogP contribution in [0.15, 0.2) is 88.9 Å². The Hall–Kier alpha value is -4.30. The zero-order valence-electron chi connectivity index (χ0n) is 20.7. The average Bonchev–Trinajstić information content (AvgIpc) is 3.34. The summed E-state index contributed by atoms with van der Waals surface area (Å²) in [6, 6.07) is 22.8. The number of benzene rings is 3. The molecule has 0 aliphatic heterocycles. The van der Waals surface area contributed by atoms with Gasteiger partial charge in [-0.2, -0.15) is 0 Å². The molecule has 0 bridgehead atoms. The fourth-order valence-electron chi connectivity index (χ4n) is 4.20. The Morgan fingerprint density at radius 2 is 1.81 bits per heavy atom. The van der Waals surface area contributed by atoms with Crippen molar-refractivity contribution in [3.05, 3.63) is 100 Å². The molecule has 5 rings (SSSR count). The lowest BCUT2D eigenvalue weighted by atomic mass is 10.1. The number of aryl methyl sites for hydroxylation is 2. The number of ether oxygens (including phenoxy) is 1. The topological polar surface area (TPSA) is 89.0 Å². The summed E-state index contributed by atoms with van der Waals surface area (Å²) in [7, 11) is 1.59. The van der Waals surface area contributed by atoms with Crippen molar-refractivity contribution in [2.24, 2.45) is 0 Å². The molecule has 3 aromatic carbocycles. The van der Waals surface area contributed by atoms with Crippen molar-refractivity contribution in [2.75, 3.05) is 18.2 Å². The summed E-state index contributed by atoms with van der Waals surface area (Å²) in [4.78, 5) is 34.6. The van der Waals surface area contributed by atoms with Crippen LogP contribution >= 0.6 is 11.8 Å². The SMILES string of the molecule is COc1ccc(-n2c(SCC(=O)Nc3ccc(C)cc3C)nc3c(-c4ccccc4)c[nH]c3c2=O)cc1. The Labute approximate surface area is 218 Å². The highest BCUT2D eigenvalue weighted by Crippen LogP contribution is 2.29. The Morgan fingerprint density at radius 3 is 2.51 bits per heavy atom. The molecular formula is C29H26N4O3S. The van der Waals surface area contributed by atoms with Crippen molar-refractivity contribution in [3.63, 3.8) is 0 Å². The fraction of sp³-hybridized carbons (Fsp3) is 0.138. The molecule has 0 radical (unpaired) electrons. The first-order valence-corrected chi connectivity index (χ1v) is 12.8. The largest absolute Gasteiger partial charge is 0.497 e. The summed E-state index contributed by atoms with van der Waals surface area (Å²) in [5.74, 6) is 0.594. The first kappa shape index (κ1) is 24.4. The fourth-order valence-corrected chi connectivity index (χ4v) is 5.01. The molecule has 2 heterocycles. The van der Waals surface area contributed by atoms with Gasteiger partial charge in [0.2, 0.25) is 5.91 Å². The number of nitrogens with zero attached hydrogens (tertiary/aromatic N) is 2. The summed E-state index contributed by atoms with van der Waals surface area (Å²) in [5, 5.41) is 3.39. The summed E-state index contributed by atoms with van der Waals surface area (Å²) in [6.07, 6.45) is 1.80. The van der Waals surface area contributed by atoms with Gasteiger partial charge < -0.3 is 15.0 Å². The molecule has 37 heavy (non-hydrogen) atoms. The predicted molar refractivity (Wildman–Crippen MR) is 149 cm³/mol. The van der Waals surface area contributed by atoms with Crippen LogP contribution in [0.25, 0.3) is 27.8 Å². The van der Waals surface area contributed by atoms with Crippen LogP contribution in [-0.2, 0) is 4.79 Å². The summed E-state index contributed by atoms with van der Waals surface area (Å²) in [6.45, 7) is 3.98. The number of nitrogens with one attached hydrogen (secondary N) is 2. The maximum atomic E-state index is 13.7. The summed E-state index contributed by atoms with van der Waals surface area (Å²) in [5.41, 5.74) is 6.03. The zero-order valence-corrected chi connectivity index (χ0v) is 21.6. The van der Waals surface area contributed by atoms with E-state index in [2.05, 4.69) is 10.3 Å². The number of carbonyl (C=O) groups is 1. The van der Waals surface area contributed by atoms with Crippen LogP contribution in [0.2, 0.25) is 0 Å². The molecule has 2 N–H and O–H groups in total. The highest BCUT2D eigenvalue weighted by molar-refractivity contribution is 7.99. The van der Waals surface area contributed by atoms with Crippen LogP contribution in [0.4, 0.5) is 5.69 Å². The van der Waals surface area contributed by atoms with Gasteiger partial charge in [0.15, 0.2) is 5.16 Å². The number of carbonyl (C=O) groups excluding carboxylic acids is 1. The minimum atomic E-state index is -0.241. The van der Waals surface area contributed by atoms with Crippen LogP contribution in [0.5, 0.6) is 5.75 Å². The minimum Gasteiger partial charge on any atom is -0.497 e. The third-order valence-corrected chi connectivity index (χ3v) is 7.01. The van der Waals surface area contributed by atoms with E-state index >= 15 is 0 Å². The number of hydrogen-bond donors (Lipinski definition) is 2. The third-order valence-electron chi connectivity index (χ3n) is 6.07. The zero-order chi connectivity index (χ0) is 25.9. The normalized spacial score (nSPS) is 11.0. The second kappa shape index (κ2) is 10.4. The lowest BCUT2D eigenvalue weighted by Crippen LogP contribution is -2.23. The predicted octanol–water partition coefficient (Wildman–Crippen LogP) is 5.74. The number of rotatable bonds is 7. The van der Waals surface area contributed by atoms with E-state index in [4.69, 9.17) is 9.72 Å². The monoisotopic (exact) mass is 510 g/mol. The van der Waals surface area contributed by atoms with Gasteiger partial charge in [0, 0.05) is 17.4 Å².